The Morgan fingerprint density at radius 1 is 1.12 bits per heavy atom. The van der Waals surface area contributed by atoms with Crippen LogP contribution in [0.25, 0.3) is 0 Å². The smallest absolute Gasteiger partial charge is 0.306 e. The zero-order valence-electron chi connectivity index (χ0n) is 13.7. The summed E-state index contributed by atoms with van der Waals surface area (Å²) in [5.74, 6) is -0.798. The number of piperidine rings is 1. The third-order valence-electron chi connectivity index (χ3n) is 5.22. The van der Waals surface area contributed by atoms with E-state index in [0.717, 1.165) is 57.3 Å². The number of hydrogen-bond acceptors (Lipinski definition) is 3. The van der Waals surface area contributed by atoms with Crippen LogP contribution in [-0.4, -0.2) is 36.2 Å². The van der Waals surface area contributed by atoms with Gasteiger partial charge in [0, 0.05) is 30.2 Å². The molecule has 1 aromatic rings. The number of nitrogens with zero attached hydrogens (tertiary/aromatic N) is 1. The summed E-state index contributed by atoms with van der Waals surface area (Å²) in [4.78, 5) is 13.4. The van der Waals surface area contributed by atoms with Crippen LogP contribution >= 0.6 is 23.2 Å². The van der Waals surface area contributed by atoms with Gasteiger partial charge in [-0.05, 0) is 56.7 Å². The van der Waals surface area contributed by atoms with Crippen LogP contribution in [0.5, 0.6) is 0 Å². The molecule has 1 saturated carbocycles. The third-order valence-corrected chi connectivity index (χ3v) is 5.76. The van der Waals surface area contributed by atoms with Crippen LogP contribution in [0, 0.1) is 5.92 Å². The van der Waals surface area contributed by atoms with E-state index >= 15 is 0 Å². The Morgan fingerprint density at radius 3 is 2.54 bits per heavy atom. The fourth-order valence-corrected chi connectivity index (χ4v) is 4.44. The molecule has 1 aromatic carbocycles. The first-order valence-electron chi connectivity index (χ1n) is 8.72. The average molecular weight is 371 g/mol. The molecule has 24 heavy (non-hydrogen) atoms. The SMILES string of the molecule is O=C(O)C1CCC(NC2CCCN(c3ccc(Cl)cc3Cl)C2)CC1. The molecule has 1 aliphatic heterocycles. The lowest BCUT2D eigenvalue weighted by Gasteiger charge is -2.38. The van der Waals surface area contributed by atoms with Crippen LogP contribution in [0.4, 0.5) is 5.69 Å². The zero-order valence-corrected chi connectivity index (χ0v) is 15.2. The molecule has 132 valence electrons. The molecular formula is C18H24Cl2N2O2. The third kappa shape index (κ3) is 4.35. The van der Waals surface area contributed by atoms with E-state index in [1.807, 2.05) is 12.1 Å². The van der Waals surface area contributed by atoms with Gasteiger partial charge in [0.15, 0.2) is 0 Å². The molecule has 1 aliphatic carbocycles. The molecule has 6 heteroatoms. The first kappa shape index (κ1) is 17.8. The maximum atomic E-state index is 11.1. The molecule has 0 spiro atoms. The molecule has 0 aromatic heterocycles. The number of rotatable bonds is 4. The molecule has 2 aliphatic rings. The van der Waals surface area contributed by atoms with E-state index in [-0.39, 0.29) is 5.92 Å². The van der Waals surface area contributed by atoms with E-state index in [0.29, 0.717) is 22.1 Å². The number of nitrogens with one attached hydrogen (secondary N) is 1. The Labute approximate surface area is 153 Å². The van der Waals surface area contributed by atoms with Gasteiger partial charge in [-0.15, -0.1) is 0 Å². The maximum absolute atomic E-state index is 11.1. The predicted octanol–water partition coefficient (Wildman–Crippen LogP) is 4.20. The van der Waals surface area contributed by atoms with E-state index in [2.05, 4.69) is 10.2 Å². The second-order valence-corrected chi connectivity index (χ2v) is 7.78. The zero-order chi connectivity index (χ0) is 17.1. The quantitative estimate of drug-likeness (QED) is 0.833. The molecule has 1 atom stereocenters. The largest absolute Gasteiger partial charge is 0.481 e. The summed E-state index contributed by atoms with van der Waals surface area (Å²) in [6.45, 7) is 1.94. The standard InChI is InChI=1S/C18H24Cl2N2O2/c19-13-5-8-17(16(20)10-13)22-9-1-2-15(11-22)21-14-6-3-12(4-7-14)18(23)24/h5,8,10,12,14-15,21H,1-4,6-7,9,11H2,(H,23,24). The average Bonchev–Trinajstić information content (AvgIpc) is 2.55. The summed E-state index contributed by atoms with van der Waals surface area (Å²) < 4.78 is 0. The number of carboxylic acid groups (broad SMARTS) is 1. The Kier molecular flexibility index (Phi) is 5.90. The highest BCUT2D eigenvalue weighted by Gasteiger charge is 2.29. The Morgan fingerprint density at radius 2 is 1.88 bits per heavy atom. The minimum absolute atomic E-state index is 0.154. The van der Waals surface area contributed by atoms with Crippen LogP contribution in [-0.2, 0) is 4.79 Å². The van der Waals surface area contributed by atoms with Gasteiger partial charge >= 0.3 is 5.97 Å². The number of aliphatic carboxylic acids is 1. The fourth-order valence-electron chi connectivity index (χ4n) is 3.91. The highest BCUT2D eigenvalue weighted by molar-refractivity contribution is 6.36. The first-order chi connectivity index (χ1) is 11.5. The second-order valence-electron chi connectivity index (χ2n) is 6.93. The minimum atomic E-state index is -0.644. The molecule has 1 heterocycles. The fraction of sp³-hybridized carbons (Fsp3) is 0.611. The number of benzene rings is 1. The van der Waals surface area contributed by atoms with Gasteiger partial charge in [0.25, 0.3) is 0 Å². The number of carboxylic acids is 1. The lowest BCUT2D eigenvalue weighted by molar-refractivity contribution is -0.142. The van der Waals surface area contributed by atoms with Crippen LogP contribution in [0.3, 0.4) is 0 Å². The van der Waals surface area contributed by atoms with E-state index in [9.17, 15) is 4.79 Å². The molecule has 1 unspecified atom stereocenters. The van der Waals surface area contributed by atoms with E-state index < -0.39 is 5.97 Å². The first-order valence-corrected chi connectivity index (χ1v) is 9.47. The van der Waals surface area contributed by atoms with Crippen molar-refractivity contribution in [3.8, 4) is 0 Å². The van der Waals surface area contributed by atoms with Crippen molar-refractivity contribution in [3.63, 3.8) is 0 Å². The van der Waals surface area contributed by atoms with Crippen molar-refractivity contribution in [1.29, 1.82) is 0 Å². The molecule has 4 nitrogen and oxygen atoms in total. The van der Waals surface area contributed by atoms with Crippen molar-refractivity contribution in [2.75, 3.05) is 18.0 Å². The molecule has 1 saturated heterocycles. The van der Waals surface area contributed by atoms with Gasteiger partial charge in [-0.3, -0.25) is 4.79 Å². The van der Waals surface area contributed by atoms with E-state index in [1.165, 1.54) is 0 Å². The highest BCUT2D eigenvalue weighted by atomic mass is 35.5. The van der Waals surface area contributed by atoms with Crippen LogP contribution in [0.2, 0.25) is 10.0 Å². The molecule has 2 N–H and O–H groups in total. The highest BCUT2D eigenvalue weighted by Crippen LogP contribution is 2.31. The topological polar surface area (TPSA) is 52.6 Å². The molecular weight excluding hydrogens is 347 g/mol. The summed E-state index contributed by atoms with van der Waals surface area (Å²) in [5, 5.41) is 14.2. The van der Waals surface area contributed by atoms with E-state index in [1.54, 1.807) is 6.07 Å². The van der Waals surface area contributed by atoms with Crippen LogP contribution < -0.4 is 10.2 Å². The van der Waals surface area contributed by atoms with Crippen molar-refractivity contribution in [2.45, 2.75) is 50.6 Å². The van der Waals surface area contributed by atoms with Crippen LogP contribution in [0.1, 0.15) is 38.5 Å². The van der Waals surface area contributed by atoms with Crippen molar-refractivity contribution in [1.82, 2.24) is 5.32 Å². The number of hydrogen-bond donors (Lipinski definition) is 2. The molecule has 0 bridgehead atoms. The lowest BCUT2D eigenvalue weighted by atomic mass is 9.85. The van der Waals surface area contributed by atoms with Crippen molar-refractivity contribution >= 4 is 34.9 Å². The van der Waals surface area contributed by atoms with Crippen LogP contribution in [0.15, 0.2) is 18.2 Å². The van der Waals surface area contributed by atoms with Crippen molar-refractivity contribution < 1.29 is 9.90 Å². The van der Waals surface area contributed by atoms with Gasteiger partial charge in [0.2, 0.25) is 0 Å². The number of carbonyl (C=O) groups is 1. The Hall–Kier alpha value is -0.970. The minimum Gasteiger partial charge on any atom is -0.481 e. The second kappa shape index (κ2) is 7.94. The summed E-state index contributed by atoms with van der Waals surface area (Å²) in [6, 6.07) is 6.53. The normalized spacial score (nSPS) is 27.9. The monoisotopic (exact) mass is 370 g/mol. The maximum Gasteiger partial charge on any atom is 0.306 e. The number of halogens is 2. The molecule has 0 amide bonds. The Bertz CT molecular complexity index is 588. The summed E-state index contributed by atoms with van der Waals surface area (Å²) >= 11 is 12.3. The van der Waals surface area contributed by atoms with Crippen molar-refractivity contribution in [3.05, 3.63) is 28.2 Å². The Balaban J connectivity index is 1.55. The molecule has 2 fully saturated rings. The summed E-state index contributed by atoms with van der Waals surface area (Å²) in [5.41, 5.74) is 1.04. The summed E-state index contributed by atoms with van der Waals surface area (Å²) in [7, 11) is 0. The van der Waals surface area contributed by atoms with Gasteiger partial charge in [-0.25, -0.2) is 0 Å². The van der Waals surface area contributed by atoms with Gasteiger partial charge in [0.1, 0.15) is 0 Å². The van der Waals surface area contributed by atoms with E-state index in [4.69, 9.17) is 28.3 Å². The van der Waals surface area contributed by atoms with Gasteiger partial charge in [-0.1, -0.05) is 23.2 Å². The number of anilines is 1. The molecule has 0 radical (unpaired) electrons. The lowest BCUT2D eigenvalue weighted by Crippen LogP contribution is -2.50. The van der Waals surface area contributed by atoms with Gasteiger partial charge in [0.05, 0.1) is 16.6 Å². The van der Waals surface area contributed by atoms with Gasteiger partial charge < -0.3 is 15.3 Å². The predicted molar refractivity (Wildman–Crippen MR) is 98.2 cm³/mol. The summed E-state index contributed by atoms with van der Waals surface area (Å²) in [6.07, 6.45) is 5.75. The van der Waals surface area contributed by atoms with Crippen molar-refractivity contribution in [2.24, 2.45) is 5.92 Å². The van der Waals surface area contributed by atoms with Gasteiger partial charge in [-0.2, -0.15) is 0 Å². The molecule has 3 rings (SSSR count).